The number of rotatable bonds is 4. The van der Waals surface area contributed by atoms with Crippen LogP contribution in [0, 0.1) is 0 Å². The quantitative estimate of drug-likeness (QED) is 0.479. The Bertz CT molecular complexity index is 1250. The van der Waals surface area contributed by atoms with E-state index in [-0.39, 0.29) is 73.0 Å². The van der Waals surface area contributed by atoms with Gasteiger partial charge in [-0.1, -0.05) is 24.3 Å². The van der Waals surface area contributed by atoms with Gasteiger partial charge < -0.3 is 5.32 Å². The van der Waals surface area contributed by atoms with E-state index in [1.165, 1.54) is 23.0 Å². The van der Waals surface area contributed by atoms with Crippen molar-refractivity contribution in [3.05, 3.63) is 76.3 Å². The smallest absolute Gasteiger partial charge is 0.320 e. The summed E-state index contributed by atoms with van der Waals surface area (Å²) in [5, 5.41) is 4.79. The largest absolute Gasteiger partial charge is 0.322 e. The zero-order valence-corrected chi connectivity index (χ0v) is 20.4. The summed E-state index contributed by atoms with van der Waals surface area (Å²) in [5.74, 6) is -2.04. The fourth-order valence-electron chi connectivity index (χ4n) is 3.11. The Morgan fingerprint density at radius 3 is 2.00 bits per heavy atom. The summed E-state index contributed by atoms with van der Waals surface area (Å²) in [6.07, 6.45) is 1.28. The van der Waals surface area contributed by atoms with Crippen LogP contribution in [0.2, 0.25) is 0 Å². The Morgan fingerprint density at radius 2 is 1.38 bits per heavy atom. The summed E-state index contributed by atoms with van der Waals surface area (Å²) in [6, 6.07) is 12.1. The molecule has 3 aromatic rings. The number of para-hydroxylation sites is 1. The van der Waals surface area contributed by atoms with E-state index < -0.39 is 30.3 Å². The lowest BCUT2D eigenvalue weighted by Crippen LogP contribution is -2.46. The molecule has 1 aliphatic heterocycles. The molecule has 2 N–H and O–H groups in total. The van der Waals surface area contributed by atoms with E-state index in [1.807, 2.05) is 5.32 Å². The van der Waals surface area contributed by atoms with Crippen molar-refractivity contribution in [3.8, 4) is 0 Å². The molecule has 14 heteroatoms. The maximum Gasteiger partial charge on any atom is 0.322 e. The zero-order chi connectivity index (χ0) is 21.3. The lowest BCUT2D eigenvalue weighted by atomic mass is 10.1. The van der Waals surface area contributed by atoms with E-state index in [9.17, 15) is 24.0 Å². The molecule has 34 heavy (non-hydrogen) atoms. The number of hydrogen-bond acceptors (Lipinski definition) is 6. The number of amides is 5. The molecule has 0 atom stereocenters. The summed E-state index contributed by atoms with van der Waals surface area (Å²) >= 11 is 0. The third-order valence-electron chi connectivity index (χ3n) is 4.57. The Morgan fingerprint density at radius 1 is 0.824 bits per heavy atom. The first-order chi connectivity index (χ1) is 14.5. The van der Waals surface area contributed by atoms with E-state index in [4.69, 9.17) is 0 Å². The van der Waals surface area contributed by atoms with Gasteiger partial charge in [-0.25, -0.2) is 9.78 Å². The number of fused-ring (bicyclic) bond motifs is 2. The summed E-state index contributed by atoms with van der Waals surface area (Å²) in [5.41, 5.74) is 0.600. The first-order valence-corrected chi connectivity index (χ1v) is 8.93. The van der Waals surface area contributed by atoms with E-state index in [2.05, 4.69) is 10.3 Å². The van der Waals surface area contributed by atoms with Gasteiger partial charge in [0.05, 0.1) is 28.4 Å². The molecule has 0 bridgehead atoms. The van der Waals surface area contributed by atoms with Gasteiger partial charge in [0.2, 0.25) is 5.91 Å². The second-order valence-electron chi connectivity index (χ2n) is 6.49. The molecule has 2 heterocycles. The number of halogens is 4. The molecule has 0 aliphatic carbocycles. The molecular weight excluding hydrogens is 532 g/mol. The van der Waals surface area contributed by atoms with Crippen LogP contribution in [0.1, 0.15) is 20.7 Å². The topological polar surface area (TPSA) is 130 Å². The van der Waals surface area contributed by atoms with Crippen LogP contribution in [0.4, 0.5) is 4.79 Å². The van der Waals surface area contributed by atoms with Crippen molar-refractivity contribution in [2.24, 2.45) is 0 Å². The van der Waals surface area contributed by atoms with E-state index >= 15 is 0 Å². The molecule has 0 spiro atoms. The van der Waals surface area contributed by atoms with Crippen molar-refractivity contribution in [1.82, 2.24) is 25.1 Å². The van der Waals surface area contributed by atoms with Gasteiger partial charge in [-0.15, -0.1) is 49.6 Å². The van der Waals surface area contributed by atoms with Crippen molar-refractivity contribution < 1.29 is 19.2 Å². The zero-order valence-electron chi connectivity index (χ0n) is 17.1. The SMILES string of the molecule is Cl.Cl.Cl.Cl.O=C(CN1C(=O)c2ccccc2C1=O)NC(=O)NCn1cnc2ccccc2c1=O. The number of aromatic nitrogens is 2. The Hall–Kier alpha value is -3.18. The maximum atomic E-state index is 12.4. The predicted molar refractivity (Wildman–Crippen MR) is 133 cm³/mol. The van der Waals surface area contributed by atoms with Gasteiger partial charge in [0, 0.05) is 0 Å². The van der Waals surface area contributed by atoms with Gasteiger partial charge in [0.25, 0.3) is 17.4 Å². The average molecular weight is 551 g/mol. The highest BCUT2D eigenvalue weighted by molar-refractivity contribution is 6.22. The van der Waals surface area contributed by atoms with Gasteiger partial charge in [-0.2, -0.15) is 0 Å². The van der Waals surface area contributed by atoms with E-state index in [0.29, 0.717) is 10.9 Å². The highest BCUT2D eigenvalue weighted by Crippen LogP contribution is 2.21. The molecule has 1 aromatic heterocycles. The molecule has 1 aliphatic rings. The third kappa shape index (κ3) is 6.03. The monoisotopic (exact) mass is 549 g/mol. The molecule has 0 unspecified atom stereocenters. The van der Waals surface area contributed by atoms with Crippen LogP contribution in [-0.2, 0) is 11.5 Å². The van der Waals surface area contributed by atoms with Gasteiger partial charge in [0.15, 0.2) is 0 Å². The predicted octanol–water partition coefficient (Wildman–Crippen LogP) is 2.16. The van der Waals surface area contributed by atoms with Crippen molar-refractivity contribution in [2.45, 2.75) is 6.67 Å². The van der Waals surface area contributed by atoms with Gasteiger partial charge in [-0.05, 0) is 24.3 Å². The lowest BCUT2D eigenvalue weighted by molar-refractivity contribution is -0.120. The molecule has 5 amide bonds. The van der Waals surface area contributed by atoms with Crippen LogP contribution >= 0.6 is 49.6 Å². The molecule has 0 saturated heterocycles. The van der Waals surface area contributed by atoms with Crippen molar-refractivity contribution in [3.63, 3.8) is 0 Å². The van der Waals surface area contributed by atoms with Gasteiger partial charge in [0.1, 0.15) is 13.2 Å². The average Bonchev–Trinajstić information content (AvgIpc) is 2.98. The fourth-order valence-corrected chi connectivity index (χ4v) is 3.11. The standard InChI is InChI=1S/C20H15N5O5.4ClH/c26-16(9-25-18(28)12-5-1-2-6-13(12)19(25)29)23-20(30)22-11-24-10-21-15-8-4-3-7-14(15)17(24)27;;;;/h1-8,10H,9,11H2,(H2,22,23,26,30);4*1H. The Labute approximate surface area is 217 Å². The number of hydrogen-bond donors (Lipinski definition) is 2. The minimum absolute atomic E-state index is 0. The van der Waals surface area contributed by atoms with Gasteiger partial charge >= 0.3 is 6.03 Å². The summed E-state index contributed by atoms with van der Waals surface area (Å²) in [4.78, 5) is 65.9. The van der Waals surface area contributed by atoms with Crippen molar-refractivity contribution in [1.29, 1.82) is 0 Å². The molecule has 182 valence electrons. The summed E-state index contributed by atoms with van der Waals surface area (Å²) < 4.78 is 1.18. The molecule has 10 nitrogen and oxygen atoms in total. The first kappa shape index (κ1) is 30.8. The summed E-state index contributed by atoms with van der Waals surface area (Å²) in [6.45, 7) is -0.819. The second-order valence-corrected chi connectivity index (χ2v) is 6.49. The molecule has 0 fully saturated rings. The third-order valence-corrected chi connectivity index (χ3v) is 4.57. The Kier molecular flexibility index (Phi) is 11.7. The van der Waals surface area contributed by atoms with E-state index in [0.717, 1.165) is 4.90 Å². The Balaban J connectivity index is 0.00000272. The summed E-state index contributed by atoms with van der Waals surface area (Å²) in [7, 11) is 0. The number of nitrogens with zero attached hydrogens (tertiary/aromatic N) is 3. The first-order valence-electron chi connectivity index (χ1n) is 8.93. The maximum absolute atomic E-state index is 12.4. The lowest BCUT2D eigenvalue weighted by Gasteiger charge is -2.13. The van der Waals surface area contributed by atoms with Gasteiger partial charge in [-0.3, -0.25) is 34.0 Å². The number of benzene rings is 2. The number of urea groups is 1. The fraction of sp³-hybridized carbons (Fsp3) is 0.100. The van der Waals surface area contributed by atoms with E-state index in [1.54, 1.807) is 36.4 Å². The molecular formula is C20H19Cl4N5O5. The normalized spacial score (nSPS) is 11.2. The molecule has 0 saturated carbocycles. The molecule has 4 rings (SSSR count). The minimum atomic E-state index is -0.878. The molecule has 2 aromatic carbocycles. The minimum Gasteiger partial charge on any atom is -0.320 e. The number of carbonyl (C=O) groups is 4. The number of carbonyl (C=O) groups excluding carboxylic acids is 4. The molecule has 0 radical (unpaired) electrons. The van der Waals surface area contributed by atoms with Crippen LogP contribution in [0.15, 0.2) is 59.7 Å². The van der Waals surface area contributed by atoms with Crippen LogP contribution < -0.4 is 16.2 Å². The number of imide groups is 2. The second kappa shape index (κ2) is 12.9. The highest BCUT2D eigenvalue weighted by atomic mass is 35.5. The van der Waals surface area contributed by atoms with Crippen LogP contribution in [-0.4, -0.2) is 44.7 Å². The van der Waals surface area contributed by atoms with Crippen LogP contribution in [0.3, 0.4) is 0 Å². The van der Waals surface area contributed by atoms with Crippen molar-refractivity contribution >= 4 is 84.3 Å². The number of nitrogens with one attached hydrogen (secondary N) is 2. The van der Waals surface area contributed by atoms with Crippen molar-refractivity contribution in [2.75, 3.05) is 6.54 Å². The van der Waals surface area contributed by atoms with Crippen LogP contribution in [0.5, 0.6) is 0 Å². The van der Waals surface area contributed by atoms with Crippen LogP contribution in [0.25, 0.3) is 10.9 Å². The highest BCUT2D eigenvalue weighted by Gasteiger charge is 2.36.